The molecule has 0 aliphatic carbocycles. The Morgan fingerprint density at radius 2 is 1.26 bits per heavy atom. The van der Waals surface area contributed by atoms with Gasteiger partial charge in [0.2, 0.25) is 0 Å². The molecule has 0 rings (SSSR count). The summed E-state index contributed by atoms with van der Waals surface area (Å²) in [5.74, 6) is -0.262. The average Bonchev–Trinajstić information content (AvgIpc) is 2.44. The Balaban J connectivity index is 0. The van der Waals surface area contributed by atoms with Crippen molar-refractivity contribution >= 4 is 28.9 Å². The predicted molar refractivity (Wildman–Crippen MR) is 118 cm³/mol. The number of carbonyl (C=O) groups excluding carboxylic acids is 2. The second-order valence-corrected chi connectivity index (χ2v) is 19.5. The van der Waals surface area contributed by atoms with Gasteiger partial charge in [0, 0.05) is 0 Å². The molecule has 0 spiro atoms. The number of esters is 1. The molecule has 0 aliphatic rings. The molecule has 0 aliphatic heterocycles. The Hall–Kier alpha value is -0.506. The van der Waals surface area contributed by atoms with E-state index in [4.69, 9.17) is 13.6 Å². The van der Waals surface area contributed by atoms with E-state index in [2.05, 4.69) is 67.7 Å². The zero-order chi connectivity index (χ0) is 22.3. The highest BCUT2D eigenvalue weighted by atomic mass is 28.4. The van der Waals surface area contributed by atoms with E-state index in [1.165, 1.54) is 0 Å². The first-order chi connectivity index (χ1) is 11.8. The second kappa shape index (κ2) is 10.9. The van der Waals surface area contributed by atoms with Gasteiger partial charge in [-0.1, -0.05) is 41.5 Å². The van der Waals surface area contributed by atoms with Crippen LogP contribution in [0.4, 0.5) is 0 Å². The molecule has 2 unspecified atom stereocenters. The van der Waals surface area contributed by atoms with Gasteiger partial charge in [0.05, 0.1) is 12.7 Å². The van der Waals surface area contributed by atoms with Crippen LogP contribution < -0.4 is 0 Å². The Bertz CT molecular complexity index is 462. The van der Waals surface area contributed by atoms with E-state index in [1.807, 2.05) is 0 Å². The summed E-state index contributed by atoms with van der Waals surface area (Å²) in [4.78, 5) is 21.8. The molecule has 0 aromatic carbocycles. The van der Waals surface area contributed by atoms with Gasteiger partial charge in [0.25, 0.3) is 0 Å². The molecule has 0 aromatic heterocycles. The highest BCUT2D eigenvalue weighted by Crippen LogP contribution is 2.38. The Kier molecular flexibility index (Phi) is 11.6. The fraction of sp³-hybridized carbons (Fsp3) is 0.900. The highest BCUT2D eigenvalue weighted by molar-refractivity contribution is 6.74. The first kappa shape index (κ1) is 28.7. The summed E-state index contributed by atoms with van der Waals surface area (Å²) in [6, 6.07) is 0. The third kappa shape index (κ3) is 10.6. The van der Waals surface area contributed by atoms with E-state index in [1.54, 1.807) is 20.8 Å². The second-order valence-electron chi connectivity index (χ2n) is 9.99. The lowest BCUT2D eigenvalue weighted by Crippen LogP contribution is -2.45. The molecule has 0 radical (unpaired) electrons. The molecule has 0 amide bonds. The number of carbonyl (C=O) groups is 2. The molecule has 0 aromatic rings. The Morgan fingerprint density at radius 1 is 0.889 bits per heavy atom. The lowest BCUT2D eigenvalue weighted by atomic mass is 10.2. The van der Waals surface area contributed by atoms with Crippen LogP contribution in [0.15, 0.2) is 0 Å². The summed E-state index contributed by atoms with van der Waals surface area (Å²) in [7, 11) is -3.58. The van der Waals surface area contributed by atoms with Gasteiger partial charge in [0.15, 0.2) is 16.6 Å². The minimum Gasteiger partial charge on any atom is -0.464 e. The fourth-order valence-electron chi connectivity index (χ4n) is 1.60. The quantitative estimate of drug-likeness (QED) is 0.307. The third-order valence-corrected chi connectivity index (χ3v) is 14.5. The van der Waals surface area contributed by atoms with Crippen LogP contribution in [0.25, 0.3) is 0 Å². The third-order valence-electron chi connectivity index (χ3n) is 5.37. The maximum atomic E-state index is 11.4. The van der Waals surface area contributed by atoms with Gasteiger partial charge >= 0.3 is 5.97 Å². The van der Waals surface area contributed by atoms with Crippen molar-refractivity contribution < 1.29 is 23.2 Å². The van der Waals surface area contributed by atoms with Crippen LogP contribution in [-0.4, -0.2) is 47.7 Å². The van der Waals surface area contributed by atoms with Crippen LogP contribution in [-0.2, 0) is 23.2 Å². The minimum atomic E-state index is -1.86. The molecular weight excluding hydrogens is 376 g/mol. The normalized spacial score (nSPS) is 15.3. The molecule has 2 atom stereocenters. The van der Waals surface area contributed by atoms with Gasteiger partial charge in [-0.2, -0.15) is 0 Å². The molecule has 0 N–H and O–H groups in total. The molecule has 0 saturated heterocycles. The molecule has 7 heteroatoms. The lowest BCUT2D eigenvalue weighted by molar-refractivity contribution is -0.151. The highest BCUT2D eigenvalue weighted by Gasteiger charge is 2.40. The number of rotatable bonds is 7. The summed E-state index contributed by atoms with van der Waals surface area (Å²) in [6.07, 6.45) is 0.150. The van der Waals surface area contributed by atoms with Crippen LogP contribution in [0.5, 0.6) is 0 Å². The van der Waals surface area contributed by atoms with Crippen LogP contribution in [0.1, 0.15) is 62.3 Å². The van der Waals surface area contributed by atoms with Crippen molar-refractivity contribution in [2.45, 2.75) is 111 Å². The Morgan fingerprint density at radius 3 is 1.56 bits per heavy atom. The van der Waals surface area contributed by atoms with E-state index in [-0.39, 0.29) is 22.1 Å². The zero-order valence-electron chi connectivity index (χ0n) is 20.0. The number of ether oxygens (including phenoxy) is 1. The number of hydrogen-bond acceptors (Lipinski definition) is 5. The van der Waals surface area contributed by atoms with Crippen molar-refractivity contribution in [1.82, 2.24) is 0 Å². The largest absolute Gasteiger partial charge is 0.464 e. The lowest BCUT2D eigenvalue weighted by Gasteiger charge is -2.37. The zero-order valence-corrected chi connectivity index (χ0v) is 22.0. The monoisotopic (exact) mass is 420 g/mol. The van der Waals surface area contributed by atoms with Gasteiger partial charge in [-0.25, -0.2) is 4.79 Å². The molecule has 162 valence electrons. The van der Waals surface area contributed by atoms with Crippen molar-refractivity contribution in [2.75, 3.05) is 6.61 Å². The van der Waals surface area contributed by atoms with E-state index < -0.39 is 22.7 Å². The predicted octanol–water partition coefficient (Wildman–Crippen LogP) is 5.56. The van der Waals surface area contributed by atoms with Crippen LogP contribution in [0, 0.1) is 0 Å². The van der Waals surface area contributed by atoms with Crippen molar-refractivity contribution in [3.05, 3.63) is 0 Å². The summed E-state index contributed by atoms with van der Waals surface area (Å²) >= 11 is 0. The molecule has 0 heterocycles. The standard InChI is InChI=1S/C11H24O3Si.C9H20O2Si/c1-8-13-10(12)9(2)14-15(6,7)11(3,4)5;1-8(7-10)11-12(5,6)9(2,3)4/h9H,8H2,1-7H3;7-8H,1-6H3. The summed E-state index contributed by atoms with van der Waals surface area (Å²) in [5, 5.41) is 0.304. The SMILES string of the molecule is CC(C=O)O[Si](C)(C)C(C)(C)C.CCOC(=O)C(C)O[Si](C)(C)C(C)(C)C. The van der Waals surface area contributed by atoms with Crippen LogP contribution >= 0.6 is 0 Å². The minimum absolute atomic E-state index is 0.119. The van der Waals surface area contributed by atoms with E-state index in [9.17, 15) is 9.59 Å². The van der Waals surface area contributed by atoms with Gasteiger partial charge < -0.3 is 18.4 Å². The summed E-state index contributed by atoms with van der Waals surface area (Å²) in [5.41, 5.74) is 0. The molecular formula is C20H44O5Si2. The van der Waals surface area contributed by atoms with Crippen molar-refractivity contribution in [2.24, 2.45) is 0 Å². The molecule has 0 saturated carbocycles. The van der Waals surface area contributed by atoms with Crippen molar-refractivity contribution in [3.63, 3.8) is 0 Å². The number of aldehydes is 1. The average molecular weight is 421 g/mol. The Labute approximate surface area is 169 Å². The molecule has 0 fully saturated rings. The van der Waals surface area contributed by atoms with Gasteiger partial charge in [-0.05, 0) is 57.0 Å². The fourth-order valence-corrected chi connectivity index (χ4v) is 4.27. The maximum absolute atomic E-state index is 11.4. The van der Waals surface area contributed by atoms with E-state index in [0.29, 0.717) is 6.61 Å². The topological polar surface area (TPSA) is 61.8 Å². The van der Waals surface area contributed by atoms with Crippen molar-refractivity contribution in [1.29, 1.82) is 0 Å². The molecule has 27 heavy (non-hydrogen) atoms. The van der Waals surface area contributed by atoms with E-state index >= 15 is 0 Å². The first-order valence-electron chi connectivity index (χ1n) is 9.80. The summed E-state index contributed by atoms with van der Waals surface area (Å²) in [6.45, 7) is 27.3. The number of hydrogen-bond donors (Lipinski definition) is 0. The van der Waals surface area contributed by atoms with E-state index in [0.717, 1.165) is 6.29 Å². The summed E-state index contributed by atoms with van der Waals surface area (Å²) < 4.78 is 16.5. The van der Waals surface area contributed by atoms with Crippen molar-refractivity contribution in [3.8, 4) is 0 Å². The smallest absolute Gasteiger partial charge is 0.333 e. The molecule has 0 bridgehead atoms. The maximum Gasteiger partial charge on any atom is 0.333 e. The van der Waals surface area contributed by atoms with Gasteiger partial charge in [-0.15, -0.1) is 0 Å². The van der Waals surface area contributed by atoms with Gasteiger partial charge in [0.1, 0.15) is 12.4 Å². The first-order valence-corrected chi connectivity index (χ1v) is 15.6. The van der Waals surface area contributed by atoms with Gasteiger partial charge in [-0.3, -0.25) is 0 Å². The van der Waals surface area contributed by atoms with Crippen LogP contribution in [0.3, 0.4) is 0 Å². The van der Waals surface area contributed by atoms with Crippen LogP contribution in [0.2, 0.25) is 36.3 Å². The molecule has 5 nitrogen and oxygen atoms in total.